The number of rotatable bonds is 3. The van der Waals surface area contributed by atoms with Gasteiger partial charge < -0.3 is 5.32 Å². The van der Waals surface area contributed by atoms with Gasteiger partial charge >= 0.3 is 0 Å². The Labute approximate surface area is 101 Å². The second kappa shape index (κ2) is 4.71. The summed E-state index contributed by atoms with van der Waals surface area (Å²) >= 11 is 2.95. The summed E-state index contributed by atoms with van der Waals surface area (Å²) in [6, 6.07) is 0. The van der Waals surface area contributed by atoms with Crippen molar-refractivity contribution in [2.24, 2.45) is 0 Å². The number of amides is 1. The molecule has 1 N–H and O–H groups in total. The molecule has 0 saturated carbocycles. The number of aromatic nitrogens is 2. The predicted octanol–water partition coefficient (Wildman–Crippen LogP) is 2.15. The van der Waals surface area contributed by atoms with Gasteiger partial charge in [0.1, 0.15) is 9.88 Å². The Bertz CT molecular complexity index is 490. The number of hydrogen-bond donors (Lipinski definition) is 1. The average molecular weight is 253 g/mol. The minimum absolute atomic E-state index is 0.0710. The van der Waals surface area contributed by atoms with Gasteiger partial charge in [-0.3, -0.25) is 4.79 Å². The summed E-state index contributed by atoms with van der Waals surface area (Å²) < 4.78 is 0. The quantitative estimate of drug-likeness (QED) is 0.912. The molecule has 0 aromatic carbocycles. The fourth-order valence-electron chi connectivity index (χ4n) is 1.32. The molecule has 0 spiro atoms. The third kappa shape index (κ3) is 2.45. The van der Waals surface area contributed by atoms with Crippen molar-refractivity contribution in [1.82, 2.24) is 15.3 Å². The summed E-state index contributed by atoms with van der Waals surface area (Å²) in [6.45, 7) is 4.23. The third-order valence-corrected chi connectivity index (χ3v) is 3.84. The first kappa shape index (κ1) is 11.2. The molecule has 0 aliphatic heterocycles. The summed E-state index contributed by atoms with van der Waals surface area (Å²) in [5, 5.41) is 6.55. The van der Waals surface area contributed by atoms with Gasteiger partial charge in [-0.15, -0.1) is 22.7 Å². The maximum Gasteiger partial charge on any atom is 0.263 e. The molecule has 6 heteroatoms. The van der Waals surface area contributed by atoms with Crippen molar-refractivity contribution in [3.8, 4) is 0 Å². The number of carbonyl (C=O) groups is 1. The van der Waals surface area contributed by atoms with Crippen molar-refractivity contribution >= 4 is 28.6 Å². The second-order valence-electron chi connectivity index (χ2n) is 3.26. The van der Waals surface area contributed by atoms with Crippen molar-refractivity contribution in [3.63, 3.8) is 0 Å². The smallest absolute Gasteiger partial charge is 0.263 e. The molecule has 16 heavy (non-hydrogen) atoms. The minimum Gasteiger partial charge on any atom is -0.345 e. The van der Waals surface area contributed by atoms with E-state index in [2.05, 4.69) is 15.3 Å². The van der Waals surface area contributed by atoms with Crippen LogP contribution in [0.2, 0.25) is 0 Å². The molecule has 84 valence electrons. The molecule has 0 unspecified atom stereocenters. The second-order valence-corrected chi connectivity index (χ2v) is 5.44. The number of nitrogens with one attached hydrogen (secondary N) is 1. The summed E-state index contributed by atoms with van der Waals surface area (Å²) in [7, 11) is 0. The Balaban J connectivity index is 2.01. The number of hydrogen-bond acceptors (Lipinski definition) is 5. The lowest BCUT2D eigenvalue weighted by Crippen LogP contribution is -2.22. The summed E-state index contributed by atoms with van der Waals surface area (Å²) in [4.78, 5) is 20.8. The first-order valence-corrected chi connectivity index (χ1v) is 6.47. The molecule has 0 fully saturated rings. The Morgan fingerprint density at radius 3 is 2.88 bits per heavy atom. The van der Waals surface area contributed by atoms with Crippen molar-refractivity contribution in [3.05, 3.63) is 32.2 Å². The molecular formula is C10H11N3OS2. The molecule has 1 amide bonds. The highest BCUT2D eigenvalue weighted by Crippen LogP contribution is 2.16. The lowest BCUT2D eigenvalue weighted by Gasteiger charge is -2.00. The van der Waals surface area contributed by atoms with Crippen molar-refractivity contribution < 1.29 is 4.79 Å². The van der Waals surface area contributed by atoms with Gasteiger partial charge in [-0.2, -0.15) is 0 Å². The van der Waals surface area contributed by atoms with E-state index in [-0.39, 0.29) is 5.91 Å². The first-order chi connectivity index (χ1) is 7.66. The van der Waals surface area contributed by atoms with E-state index < -0.39 is 0 Å². The van der Waals surface area contributed by atoms with E-state index in [1.54, 1.807) is 6.20 Å². The molecule has 2 heterocycles. The number of aryl methyl sites for hydroxylation is 2. The highest BCUT2D eigenvalue weighted by Gasteiger charge is 2.13. The molecule has 0 atom stereocenters. The Morgan fingerprint density at radius 1 is 1.50 bits per heavy atom. The fraction of sp³-hybridized carbons (Fsp3) is 0.300. The number of carbonyl (C=O) groups excluding carboxylic acids is 1. The van der Waals surface area contributed by atoms with Gasteiger partial charge in [-0.1, -0.05) is 0 Å². The third-order valence-electron chi connectivity index (χ3n) is 1.99. The van der Waals surface area contributed by atoms with Crippen LogP contribution in [0, 0.1) is 13.8 Å². The highest BCUT2D eigenvalue weighted by molar-refractivity contribution is 7.13. The molecule has 0 aliphatic rings. The van der Waals surface area contributed by atoms with Crippen LogP contribution in [0.25, 0.3) is 0 Å². The van der Waals surface area contributed by atoms with Gasteiger partial charge in [0.25, 0.3) is 5.91 Å². The van der Waals surface area contributed by atoms with Crippen molar-refractivity contribution in [2.75, 3.05) is 0 Å². The monoisotopic (exact) mass is 253 g/mol. The van der Waals surface area contributed by atoms with Gasteiger partial charge in [-0.05, 0) is 13.8 Å². The van der Waals surface area contributed by atoms with E-state index in [9.17, 15) is 4.79 Å². The van der Waals surface area contributed by atoms with Crippen LogP contribution in [-0.2, 0) is 6.54 Å². The molecule has 2 aromatic rings. The zero-order valence-electron chi connectivity index (χ0n) is 8.98. The van der Waals surface area contributed by atoms with Crippen LogP contribution >= 0.6 is 22.7 Å². The molecule has 0 bridgehead atoms. The van der Waals surface area contributed by atoms with E-state index >= 15 is 0 Å². The molecular weight excluding hydrogens is 242 g/mol. The topological polar surface area (TPSA) is 54.9 Å². The van der Waals surface area contributed by atoms with Crippen LogP contribution in [-0.4, -0.2) is 15.9 Å². The first-order valence-electron chi connectivity index (χ1n) is 4.77. The van der Waals surface area contributed by atoms with E-state index in [0.717, 1.165) is 15.7 Å². The lowest BCUT2D eigenvalue weighted by atomic mass is 10.4. The van der Waals surface area contributed by atoms with Gasteiger partial charge in [0.05, 0.1) is 17.2 Å². The van der Waals surface area contributed by atoms with Crippen LogP contribution in [0.5, 0.6) is 0 Å². The van der Waals surface area contributed by atoms with Crippen LogP contribution in [0.15, 0.2) is 11.6 Å². The number of thiazole rings is 2. The van der Waals surface area contributed by atoms with Crippen LogP contribution in [0.4, 0.5) is 0 Å². The lowest BCUT2D eigenvalue weighted by molar-refractivity contribution is 0.0954. The Hall–Kier alpha value is -1.27. The fourth-order valence-corrected chi connectivity index (χ4v) is 2.71. The zero-order valence-corrected chi connectivity index (χ0v) is 10.6. The maximum absolute atomic E-state index is 11.8. The summed E-state index contributed by atoms with van der Waals surface area (Å²) in [5.41, 5.74) is 0.791. The standard InChI is InChI=1S/C10H11N3OS2/c1-6-9(16-7(2)13-6)10(14)12-5-8-11-3-4-15-8/h3-4H,5H2,1-2H3,(H,12,14). The normalized spacial score (nSPS) is 10.4. The van der Waals surface area contributed by atoms with Gasteiger partial charge in [0.2, 0.25) is 0 Å². The Morgan fingerprint density at radius 2 is 2.31 bits per heavy atom. The molecule has 2 rings (SSSR count). The van der Waals surface area contributed by atoms with Gasteiger partial charge in [0.15, 0.2) is 0 Å². The molecule has 0 saturated heterocycles. The van der Waals surface area contributed by atoms with Gasteiger partial charge in [-0.25, -0.2) is 9.97 Å². The molecule has 4 nitrogen and oxygen atoms in total. The molecule has 0 radical (unpaired) electrons. The summed E-state index contributed by atoms with van der Waals surface area (Å²) in [5.74, 6) is -0.0710. The van der Waals surface area contributed by atoms with Crippen LogP contribution < -0.4 is 5.32 Å². The molecule has 0 aliphatic carbocycles. The van der Waals surface area contributed by atoms with Crippen molar-refractivity contribution in [1.29, 1.82) is 0 Å². The SMILES string of the molecule is Cc1nc(C)c(C(=O)NCc2nccs2)s1. The highest BCUT2D eigenvalue weighted by atomic mass is 32.1. The van der Waals surface area contributed by atoms with Crippen LogP contribution in [0.1, 0.15) is 25.4 Å². The van der Waals surface area contributed by atoms with Crippen LogP contribution in [0.3, 0.4) is 0 Å². The Kier molecular flexibility index (Phi) is 3.31. The molecule has 2 aromatic heterocycles. The number of nitrogens with zero attached hydrogens (tertiary/aromatic N) is 2. The zero-order chi connectivity index (χ0) is 11.5. The maximum atomic E-state index is 11.8. The average Bonchev–Trinajstić information content (AvgIpc) is 2.84. The largest absolute Gasteiger partial charge is 0.345 e. The minimum atomic E-state index is -0.0710. The van der Waals surface area contributed by atoms with Gasteiger partial charge in [0, 0.05) is 11.6 Å². The van der Waals surface area contributed by atoms with E-state index in [1.165, 1.54) is 22.7 Å². The van der Waals surface area contributed by atoms with Crippen molar-refractivity contribution in [2.45, 2.75) is 20.4 Å². The van der Waals surface area contributed by atoms with E-state index in [1.807, 2.05) is 19.2 Å². The van der Waals surface area contributed by atoms with E-state index in [4.69, 9.17) is 0 Å². The predicted molar refractivity (Wildman–Crippen MR) is 64.9 cm³/mol. The van der Waals surface area contributed by atoms with E-state index in [0.29, 0.717) is 11.4 Å². The summed E-state index contributed by atoms with van der Waals surface area (Å²) in [6.07, 6.45) is 1.73.